The third-order valence-corrected chi connectivity index (χ3v) is 5.28. The van der Waals surface area contributed by atoms with Crippen LogP contribution >= 0.6 is 0 Å². The molecular weight excluding hydrogens is 272 g/mol. The highest BCUT2D eigenvalue weighted by atomic mass is 28.4. The van der Waals surface area contributed by atoms with E-state index in [-0.39, 0.29) is 18.1 Å². The van der Waals surface area contributed by atoms with Gasteiger partial charge in [0.1, 0.15) is 12.1 Å². The van der Waals surface area contributed by atoms with Crippen LogP contribution in [-0.2, 0) is 32.3 Å². The SMILES string of the molecule is CO[Si](CC(=O)OCCCOCC1CO1)(OC)OC. The van der Waals surface area contributed by atoms with Crippen molar-refractivity contribution in [3.05, 3.63) is 0 Å². The van der Waals surface area contributed by atoms with E-state index in [0.29, 0.717) is 26.2 Å². The van der Waals surface area contributed by atoms with Crippen LogP contribution in [0, 0.1) is 0 Å². The highest BCUT2D eigenvalue weighted by Crippen LogP contribution is 2.13. The molecule has 1 rings (SSSR count). The molecule has 1 aliphatic rings. The van der Waals surface area contributed by atoms with Gasteiger partial charge < -0.3 is 27.5 Å². The second-order valence-electron chi connectivity index (χ2n) is 4.08. The number of rotatable bonds is 11. The summed E-state index contributed by atoms with van der Waals surface area (Å²) >= 11 is 0. The average Bonchev–Trinajstić information content (AvgIpc) is 3.24. The number of esters is 1. The van der Waals surface area contributed by atoms with Crippen molar-refractivity contribution >= 4 is 14.8 Å². The lowest BCUT2D eigenvalue weighted by molar-refractivity contribution is -0.142. The minimum absolute atomic E-state index is 0.00721. The summed E-state index contributed by atoms with van der Waals surface area (Å²) in [5.41, 5.74) is 0. The number of hydrogen-bond acceptors (Lipinski definition) is 7. The molecule has 8 heteroatoms. The minimum Gasteiger partial charge on any atom is -0.466 e. The summed E-state index contributed by atoms with van der Waals surface area (Å²) in [6, 6.07) is 0.00721. The van der Waals surface area contributed by atoms with E-state index in [1.807, 2.05) is 0 Å². The Hall–Kier alpha value is -0.513. The van der Waals surface area contributed by atoms with Crippen LogP contribution in [0.4, 0.5) is 0 Å². The Labute approximate surface area is 114 Å². The van der Waals surface area contributed by atoms with Crippen LogP contribution < -0.4 is 0 Å². The van der Waals surface area contributed by atoms with E-state index in [2.05, 4.69) is 0 Å². The van der Waals surface area contributed by atoms with Gasteiger partial charge in [0.25, 0.3) is 0 Å². The fraction of sp³-hybridized carbons (Fsp3) is 0.909. The first-order valence-corrected chi connectivity index (χ1v) is 8.09. The molecule has 0 spiro atoms. The quantitative estimate of drug-likeness (QED) is 0.233. The highest BCUT2D eigenvalue weighted by molar-refractivity contribution is 6.63. The van der Waals surface area contributed by atoms with Crippen LogP contribution in [0.15, 0.2) is 0 Å². The molecule has 0 aromatic heterocycles. The molecule has 0 N–H and O–H groups in total. The molecule has 1 atom stereocenters. The molecule has 0 bridgehead atoms. The Morgan fingerprint density at radius 3 is 2.37 bits per heavy atom. The standard InChI is InChI=1S/C11H22O7Si/c1-13-19(14-2,15-3)9-11(12)17-6-4-5-16-7-10-8-18-10/h10H,4-9H2,1-3H3. The van der Waals surface area contributed by atoms with Gasteiger partial charge in [0, 0.05) is 34.4 Å². The first kappa shape index (κ1) is 16.5. The largest absolute Gasteiger partial charge is 0.511 e. The highest BCUT2D eigenvalue weighted by Gasteiger charge is 2.41. The molecule has 0 aliphatic carbocycles. The van der Waals surface area contributed by atoms with Crippen LogP contribution in [0.25, 0.3) is 0 Å². The third kappa shape index (κ3) is 6.46. The van der Waals surface area contributed by atoms with Gasteiger partial charge in [-0.05, 0) is 0 Å². The van der Waals surface area contributed by atoms with Gasteiger partial charge in [-0.25, -0.2) is 0 Å². The Morgan fingerprint density at radius 2 is 1.84 bits per heavy atom. The van der Waals surface area contributed by atoms with Gasteiger partial charge in [-0.3, -0.25) is 4.79 Å². The Bertz CT molecular complexity index is 258. The number of epoxide rings is 1. The van der Waals surface area contributed by atoms with E-state index >= 15 is 0 Å². The summed E-state index contributed by atoms with van der Waals surface area (Å²) in [4.78, 5) is 11.6. The van der Waals surface area contributed by atoms with Gasteiger partial charge in [-0.1, -0.05) is 0 Å². The topological polar surface area (TPSA) is 75.8 Å². The molecule has 1 fully saturated rings. The van der Waals surface area contributed by atoms with Crippen molar-refractivity contribution in [3.63, 3.8) is 0 Å². The van der Waals surface area contributed by atoms with Crippen molar-refractivity contribution in [3.8, 4) is 0 Å². The van der Waals surface area contributed by atoms with Crippen LogP contribution in [0.3, 0.4) is 0 Å². The van der Waals surface area contributed by atoms with Gasteiger partial charge in [0.2, 0.25) is 0 Å². The van der Waals surface area contributed by atoms with Crippen molar-refractivity contribution in [2.45, 2.75) is 18.6 Å². The smallest absolute Gasteiger partial charge is 0.466 e. The molecule has 112 valence electrons. The average molecular weight is 294 g/mol. The Morgan fingerprint density at radius 1 is 1.21 bits per heavy atom. The number of hydrogen-bond donors (Lipinski definition) is 0. The maximum atomic E-state index is 11.6. The van der Waals surface area contributed by atoms with E-state index in [1.54, 1.807) is 0 Å². The molecule has 0 aromatic carbocycles. The normalized spacial score (nSPS) is 18.4. The van der Waals surface area contributed by atoms with Crippen LogP contribution in [0.5, 0.6) is 0 Å². The summed E-state index contributed by atoms with van der Waals surface area (Å²) in [5, 5.41) is 0. The van der Waals surface area contributed by atoms with Crippen LogP contribution in [0.2, 0.25) is 6.04 Å². The molecule has 0 radical (unpaired) electrons. The fourth-order valence-corrected chi connectivity index (χ4v) is 2.81. The van der Waals surface area contributed by atoms with E-state index in [9.17, 15) is 4.79 Å². The summed E-state index contributed by atoms with van der Waals surface area (Å²) < 4.78 is 30.8. The molecule has 0 saturated carbocycles. The molecule has 0 aromatic rings. The molecule has 1 heterocycles. The lowest BCUT2D eigenvalue weighted by Gasteiger charge is -2.23. The number of carbonyl (C=O) groups excluding carboxylic acids is 1. The van der Waals surface area contributed by atoms with E-state index < -0.39 is 8.80 Å². The van der Waals surface area contributed by atoms with Gasteiger partial charge in [0.05, 0.1) is 19.8 Å². The van der Waals surface area contributed by atoms with Crippen LogP contribution in [-0.4, -0.2) is 68.6 Å². The zero-order chi connectivity index (χ0) is 14.1. The molecule has 7 nitrogen and oxygen atoms in total. The zero-order valence-electron chi connectivity index (χ0n) is 11.7. The summed E-state index contributed by atoms with van der Waals surface area (Å²) in [6.45, 7) is 2.26. The third-order valence-electron chi connectivity index (χ3n) is 2.70. The van der Waals surface area contributed by atoms with Gasteiger partial charge >= 0.3 is 14.8 Å². The van der Waals surface area contributed by atoms with Crippen molar-refractivity contribution < 1.29 is 32.3 Å². The summed E-state index contributed by atoms with van der Waals surface area (Å²) in [6.07, 6.45) is 0.916. The minimum atomic E-state index is -2.88. The first-order valence-electron chi connectivity index (χ1n) is 6.16. The molecule has 1 unspecified atom stereocenters. The summed E-state index contributed by atoms with van der Waals surface area (Å²) in [7, 11) is 1.49. The van der Waals surface area contributed by atoms with Crippen molar-refractivity contribution in [2.24, 2.45) is 0 Å². The van der Waals surface area contributed by atoms with Crippen LogP contribution in [0.1, 0.15) is 6.42 Å². The monoisotopic (exact) mass is 294 g/mol. The Balaban J connectivity index is 2.05. The molecule has 19 heavy (non-hydrogen) atoms. The molecule has 1 saturated heterocycles. The van der Waals surface area contributed by atoms with Gasteiger partial charge in [-0.15, -0.1) is 0 Å². The second-order valence-corrected chi connectivity index (χ2v) is 7.02. The molecule has 1 aliphatic heterocycles. The van der Waals surface area contributed by atoms with E-state index in [1.165, 1.54) is 21.3 Å². The molecule has 0 amide bonds. The predicted molar refractivity (Wildman–Crippen MR) is 67.7 cm³/mol. The lowest BCUT2D eigenvalue weighted by atomic mass is 10.5. The zero-order valence-corrected chi connectivity index (χ0v) is 12.7. The maximum absolute atomic E-state index is 11.6. The van der Waals surface area contributed by atoms with E-state index in [4.69, 9.17) is 27.5 Å². The number of carbonyl (C=O) groups is 1. The second kappa shape index (κ2) is 8.62. The van der Waals surface area contributed by atoms with E-state index in [0.717, 1.165) is 6.61 Å². The Kier molecular flexibility index (Phi) is 7.50. The number of ether oxygens (including phenoxy) is 3. The summed E-state index contributed by atoms with van der Waals surface area (Å²) in [5.74, 6) is -0.386. The first-order chi connectivity index (χ1) is 9.15. The van der Waals surface area contributed by atoms with Gasteiger partial charge in [-0.2, -0.15) is 0 Å². The predicted octanol–water partition coefficient (Wildman–Crippen LogP) is 0.213. The molecular formula is C11H22O7Si. The van der Waals surface area contributed by atoms with Crippen molar-refractivity contribution in [1.29, 1.82) is 0 Å². The van der Waals surface area contributed by atoms with Crippen molar-refractivity contribution in [1.82, 2.24) is 0 Å². The van der Waals surface area contributed by atoms with Crippen molar-refractivity contribution in [2.75, 3.05) is 47.8 Å². The lowest BCUT2D eigenvalue weighted by Crippen LogP contribution is -2.45. The van der Waals surface area contributed by atoms with Gasteiger partial charge in [0.15, 0.2) is 0 Å². The fourth-order valence-electron chi connectivity index (χ4n) is 1.42. The maximum Gasteiger partial charge on any atom is 0.511 e.